The van der Waals surface area contributed by atoms with E-state index in [0.29, 0.717) is 5.56 Å². The van der Waals surface area contributed by atoms with Gasteiger partial charge in [-0.3, -0.25) is 4.79 Å². The molecule has 0 saturated carbocycles. The summed E-state index contributed by atoms with van der Waals surface area (Å²) in [5, 5.41) is 23.8. The van der Waals surface area contributed by atoms with Crippen LogP contribution in [0, 0.1) is 28.2 Å². The SMILES string of the molecule is CCC(C)(CC)C(=O)/C=C(\O)C(C)(CC)CC.[CH3][Ge]([CH3])([CH3])[c]1ccc(-c2ccc3c(-c4[c-]c5ccccc5c(C#N)c4)nccc3c2)cc1.[Ir]. The topological polar surface area (TPSA) is 74.0 Å². The zero-order valence-corrected chi connectivity index (χ0v) is 35.6. The largest absolute Gasteiger partial charge is 0 e. The Labute approximate surface area is 315 Å². The predicted octanol–water partition coefficient (Wildman–Crippen LogP) is 11.6. The molecule has 0 spiro atoms. The van der Waals surface area contributed by atoms with Crippen LogP contribution in [0.15, 0.2) is 96.9 Å². The molecule has 0 amide bonds. The number of allylic oxidation sites excluding steroid dienone is 2. The number of ketones is 1. The number of pyridine rings is 1. The zero-order chi connectivity index (χ0) is 36.0. The fourth-order valence-corrected chi connectivity index (χ4v) is 8.32. The van der Waals surface area contributed by atoms with Gasteiger partial charge in [0, 0.05) is 37.0 Å². The summed E-state index contributed by atoms with van der Waals surface area (Å²) < 4.78 is 1.51. The normalized spacial score (nSPS) is 12.1. The van der Waals surface area contributed by atoms with E-state index < -0.39 is 13.3 Å². The van der Waals surface area contributed by atoms with E-state index in [4.69, 9.17) is 0 Å². The summed E-state index contributed by atoms with van der Waals surface area (Å²) in [6, 6.07) is 33.2. The quantitative estimate of drug-likeness (QED) is 0.0656. The molecule has 1 N–H and O–H groups in total. The molecule has 1 aromatic heterocycles. The van der Waals surface area contributed by atoms with Crippen LogP contribution in [0.1, 0.15) is 72.8 Å². The second-order valence-corrected chi connectivity index (χ2v) is 25.3. The molecule has 0 unspecified atom stereocenters. The molecule has 1 heterocycles. The smallest absolute Gasteiger partial charge is 0 e. The molecule has 0 aliphatic carbocycles. The van der Waals surface area contributed by atoms with Crippen molar-refractivity contribution in [2.24, 2.45) is 10.8 Å². The maximum atomic E-state index is 12.2. The second-order valence-electron chi connectivity index (χ2n) is 14.6. The van der Waals surface area contributed by atoms with Crippen LogP contribution in [0.3, 0.4) is 0 Å². The predicted molar refractivity (Wildman–Crippen MR) is 210 cm³/mol. The van der Waals surface area contributed by atoms with Crippen molar-refractivity contribution in [2.45, 2.75) is 84.5 Å². The number of carbonyl (C=O) groups excluding carboxylic acids is 1. The van der Waals surface area contributed by atoms with Gasteiger partial charge in [0.05, 0.1) is 6.07 Å². The van der Waals surface area contributed by atoms with Gasteiger partial charge in [0.25, 0.3) is 0 Å². The molecule has 1 radical (unpaired) electrons. The number of hydrogen-bond donors (Lipinski definition) is 1. The van der Waals surface area contributed by atoms with Gasteiger partial charge in [-0.15, -0.1) is 6.07 Å². The Hall–Kier alpha value is -3.56. The van der Waals surface area contributed by atoms with Crippen molar-refractivity contribution in [2.75, 3.05) is 0 Å². The summed E-state index contributed by atoms with van der Waals surface area (Å²) in [7, 11) is 0. The number of benzene rings is 4. The number of nitrogens with zero attached hydrogens (tertiary/aromatic N) is 2. The van der Waals surface area contributed by atoms with Crippen LogP contribution in [0.5, 0.6) is 0 Å². The number of hydrogen-bond acceptors (Lipinski definition) is 4. The van der Waals surface area contributed by atoms with Crippen LogP contribution in [0.25, 0.3) is 43.9 Å². The van der Waals surface area contributed by atoms with E-state index >= 15 is 0 Å². The van der Waals surface area contributed by atoms with Gasteiger partial charge < -0.3 is 5.11 Å². The van der Waals surface area contributed by atoms with Gasteiger partial charge in [-0.1, -0.05) is 65.1 Å². The van der Waals surface area contributed by atoms with E-state index in [1.54, 1.807) is 0 Å². The molecule has 4 nitrogen and oxygen atoms in total. The average Bonchev–Trinajstić information content (AvgIpc) is 3.12. The van der Waals surface area contributed by atoms with Crippen molar-refractivity contribution in [3.8, 4) is 28.5 Å². The number of aliphatic hydroxyl groups excluding tert-OH is 1. The Morgan fingerprint density at radius 3 is 2.02 bits per heavy atom. The van der Waals surface area contributed by atoms with E-state index in [2.05, 4.69) is 76.9 Å². The van der Waals surface area contributed by atoms with Gasteiger partial charge in [-0.25, -0.2) is 0 Å². The van der Waals surface area contributed by atoms with Crippen molar-refractivity contribution in [1.82, 2.24) is 4.98 Å². The Morgan fingerprint density at radius 2 is 1.44 bits per heavy atom. The summed E-state index contributed by atoms with van der Waals surface area (Å²) >= 11 is -1.81. The summed E-state index contributed by atoms with van der Waals surface area (Å²) in [5.41, 5.74) is 4.17. The molecule has 0 aliphatic heterocycles. The molecule has 5 rings (SSSR count). The Kier molecular flexibility index (Phi) is 14.0. The Balaban J connectivity index is 0.000000323. The summed E-state index contributed by atoms with van der Waals surface area (Å²) in [6.45, 7) is 12.1. The molecule has 263 valence electrons. The fourth-order valence-electron chi connectivity index (χ4n) is 5.87. The van der Waals surface area contributed by atoms with Crippen molar-refractivity contribution in [3.63, 3.8) is 0 Å². The van der Waals surface area contributed by atoms with Crippen LogP contribution in [-0.4, -0.2) is 29.1 Å². The molecule has 0 saturated heterocycles. The van der Waals surface area contributed by atoms with Crippen molar-refractivity contribution in [1.29, 1.82) is 5.26 Å². The third-order valence-electron chi connectivity index (χ3n) is 10.6. The first-order valence-corrected chi connectivity index (χ1v) is 24.9. The van der Waals surface area contributed by atoms with E-state index in [9.17, 15) is 15.2 Å². The number of nitriles is 1. The van der Waals surface area contributed by atoms with Gasteiger partial charge >= 0.3 is 151 Å². The first kappa shape index (κ1) is 40.9. The van der Waals surface area contributed by atoms with Gasteiger partial charge in [-0.2, -0.15) is 5.26 Å². The standard InChI is InChI=1S/C29H23GeN2.C15H28O2.Ir/c1-30(2,3)26-11-8-20(9-12-26)21-10-13-28-23(16-21)14-15-32-29(28)24-17-22-6-4-5-7-27(22)25(18-24)19-31;1-7-14(5,8-2)12(16)11-13(17)15(6,9-3)10-4;/h4-16,18H,1-3H3;11,16H,7-10H2,1-6H3;/q-1;;/b;12-11-;. The minimum absolute atomic E-state index is 0. The fraction of sp³-hybridized carbons (Fsp3) is 0.341. The zero-order valence-electron chi connectivity index (χ0n) is 31.1. The number of aromatic nitrogens is 1. The molecule has 5 aromatic rings. The third kappa shape index (κ3) is 9.02. The summed E-state index contributed by atoms with van der Waals surface area (Å²) in [4.78, 5) is 16.8. The molecule has 6 heteroatoms. The minimum atomic E-state index is -1.81. The first-order valence-electron chi connectivity index (χ1n) is 17.5. The maximum absolute atomic E-state index is 12.2. The van der Waals surface area contributed by atoms with Gasteiger partial charge in [0.1, 0.15) is 5.76 Å². The van der Waals surface area contributed by atoms with E-state index in [0.717, 1.165) is 58.5 Å². The van der Waals surface area contributed by atoms with E-state index in [1.165, 1.54) is 21.6 Å². The molecular weight excluding hydrogens is 853 g/mol. The van der Waals surface area contributed by atoms with Crippen molar-refractivity contribution in [3.05, 3.63) is 109 Å². The van der Waals surface area contributed by atoms with Crippen LogP contribution < -0.4 is 4.40 Å². The third-order valence-corrected chi connectivity index (χ3v) is 14.9. The molecule has 50 heavy (non-hydrogen) atoms. The van der Waals surface area contributed by atoms with E-state index in [1.807, 2.05) is 84.1 Å². The molecular formula is C44H51GeIrN2O2-. The minimum Gasteiger partial charge on any atom is 0 e. The Morgan fingerprint density at radius 1 is 0.840 bits per heavy atom. The summed E-state index contributed by atoms with van der Waals surface area (Å²) in [6.07, 6.45) is 6.59. The first-order chi connectivity index (χ1) is 23.2. The van der Waals surface area contributed by atoms with Crippen molar-refractivity contribution < 1.29 is 30.0 Å². The Bertz CT molecular complexity index is 2010. The number of carbonyl (C=O) groups is 1. The van der Waals surface area contributed by atoms with Crippen molar-refractivity contribution >= 4 is 45.0 Å². The van der Waals surface area contributed by atoms with Gasteiger partial charge in [-0.05, 0) is 25.7 Å². The van der Waals surface area contributed by atoms with Crippen LogP contribution >= 0.6 is 0 Å². The second kappa shape index (κ2) is 17.1. The van der Waals surface area contributed by atoms with Crippen LogP contribution in [0.2, 0.25) is 17.3 Å². The van der Waals surface area contributed by atoms with E-state index in [-0.39, 0.29) is 42.5 Å². The van der Waals surface area contributed by atoms with Crippen LogP contribution in [0.4, 0.5) is 0 Å². The maximum Gasteiger partial charge on any atom is 0 e. The number of rotatable bonds is 10. The number of fused-ring (bicyclic) bond motifs is 2. The van der Waals surface area contributed by atoms with Gasteiger partial charge in [0.15, 0.2) is 5.78 Å². The van der Waals surface area contributed by atoms with Crippen LogP contribution in [-0.2, 0) is 24.9 Å². The average molecular weight is 905 g/mol. The molecule has 0 bridgehead atoms. The van der Waals surface area contributed by atoms with Gasteiger partial charge in [0.2, 0.25) is 0 Å². The molecule has 0 atom stereocenters. The molecule has 0 fully saturated rings. The monoisotopic (exact) mass is 906 g/mol. The molecule has 0 aliphatic rings. The molecule has 4 aromatic carbocycles. The number of aliphatic hydroxyl groups is 1. The summed E-state index contributed by atoms with van der Waals surface area (Å²) in [5.74, 6) is 7.54.